The van der Waals surface area contributed by atoms with E-state index in [2.05, 4.69) is 33.9 Å². The van der Waals surface area contributed by atoms with Crippen molar-refractivity contribution in [3.05, 3.63) is 39.5 Å². The van der Waals surface area contributed by atoms with Gasteiger partial charge in [0.1, 0.15) is 0 Å². The van der Waals surface area contributed by atoms with E-state index < -0.39 is 0 Å². The van der Waals surface area contributed by atoms with Gasteiger partial charge in [0.15, 0.2) is 0 Å². The van der Waals surface area contributed by atoms with E-state index in [9.17, 15) is 4.79 Å². The van der Waals surface area contributed by atoms with Gasteiger partial charge in [-0.2, -0.15) is 0 Å². The Kier molecular flexibility index (Phi) is 4.20. The van der Waals surface area contributed by atoms with Crippen LogP contribution in [0, 0.1) is 6.92 Å². The predicted molar refractivity (Wildman–Crippen MR) is 79.5 cm³/mol. The maximum absolute atomic E-state index is 12.1. The molecule has 100 valence electrons. The van der Waals surface area contributed by atoms with Crippen molar-refractivity contribution < 1.29 is 9.53 Å². The van der Waals surface area contributed by atoms with Gasteiger partial charge in [-0.15, -0.1) is 0 Å². The lowest BCUT2D eigenvalue weighted by atomic mass is 10.0. The first-order chi connectivity index (χ1) is 9.06. The summed E-state index contributed by atoms with van der Waals surface area (Å²) in [6.45, 7) is 6.14. The van der Waals surface area contributed by atoms with Crippen LogP contribution < -0.4 is 0 Å². The maximum Gasteiger partial charge on any atom is 0.340 e. The van der Waals surface area contributed by atoms with Crippen molar-refractivity contribution in [1.29, 1.82) is 0 Å². The molecule has 0 aliphatic carbocycles. The summed E-state index contributed by atoms with van der Waals surface area (Å²) in [5.41, 5.74) is 3.21. The van der Waals surface area contributed by atoms with Crippen LogP contribution in [0.1, 0.15) is 35.5 Å². The van der Waals surface area contributed by atoms with E-state index in [-0.39, 0.29) is 5.97 Å². The molecule has 19 heavy (non-hydrogen) atoms. The van der Waals surface area contributed by atoms with Crippen molar-refractivity contribution in [2.45, 2.75) is 27.2 Å². The van der Waals surface area contributed by atoms with Gasteiger partial charge >= 0.3 is 5.97 Å². The SMILES string of the molecule is CCOC(=O)c1cc(CC)cc2c(Br)cc(C)nc12. The molecule has 1 aromatic heterocycles. The van der Waals surface area contributed by atoms with Crippen LogP contribution in [-0.2, 0) is 11.2 Å². The van der Waals surface area contributed by atoms with Crippen molar-refractivity contribution in [1.82, 2.24) is 4.98 Å². The molecule has 0 N–H and O–H groups in total. The molecule has 0 saturated carbocycles. The van der Waals surface area contributed by atoms with Crippen LogP contribution in [-0.4, -0.2) is 17.6 Å². The third-order valence-electron chi connectivity index (χ3n) is 2.95. The van der Waals surface area contributed by atoms with Crippen molar-refractivity contribution in [3.63, 3.8) is 0 Å². The minimum absolute atomic E-state index is 0.312. The Balaban J connectivity index is 2.75. The highest BCUT2D eigenvalue weighted by Crippen LogP contribution is 2.28. The van der Waals surface area contributed by atoms with Crippen LogP contribution in [0.15, 0.2) is 22.7 Å². The number of pyridine rings is 1. The fraction of sp³-hybridized carbons (Fsp3) is 0.333. The molecule has 0 amide bonds. The molecular formula is C15H16BrNO2. The Bertz CT molecular complexity index is 638. The monoisotopic (exact) mass is 321 g/mol. The van der Waals surface area contributed by atoms with Gasteiger partial charge in [-0.25, -0.2) is 4.79 Å². The number of fused-ring (bicyclic) bond motifs is 1. The van der Waals surface area contributed by atoms with E-state index in [0.717, 1.165) is 27.5 Å². The lowest BCUT2D eigenvalue weighted by Gasteiger charge is -2.10. The molecule has 0 saturated heterocycles. The van der Waals surface area contributed by atoms with Crippen LogP contribution in [0.2, 0.25) is 0 Å². The van der Waals surface area contributed by atoms with Gasteiger partial charge in [0.25, 0.3) is 0 Å². The zero-order valence-corrected chi connectivity index (χ0v) is 12.9. The van der Waals surface area contributed by atoms with Crippen molar-refractivity contribution in [3.8, 4) is 0 Å². The van der Waals surface area contributed by atoms with Crippen LogP contribution in [0.3, 0.4) is 0 Å². The van der Waals surface area contributed by atoms with Gasteiger partial charge in [0, 0.05) is 15.6 Å². The molecule has 0 unspecified atom stereocenters. The Morgan fingerprint density at radius 1 is 1.32 bits per heavy atom. The minimum atomic E-state index is -0.312. The Morgan fingerprint density at radius 2 is 2.05 bits per heavy atom. The fourth-order valence-electron chi connectivity index (χ4n) is 2.04. The number of hydrogen-bond donors (Lipinski definition) is 0. The van der Waals surface area contributed by atoms with E-state index in [1.165, 1.54) is 0 Å². The average molecular weight is 322 g/mol. The normalized spacial score (nSPS) is 10.7. The highest BCUT2D eigenvalue weighted by molar-refractivity contribution is 9.10. The number of rotatable bonds is 3. The van der Waals surface area contributed by atoms with E-state index in [0.29, 0.717) is 17.7 Å². The Labute approximate surface area is 121 Å². The van der Waals surface area contributed by atoms with Gasteiger partial charge in [-0.3, -0.25) is 4.98 Å². The van der Waals surface area contributed by atoms with E-state index in [1.54, 1.807) is 6.92 Å². The van der Waals surface area contributed by atoms with Crippen molar-refractivity contribution in [2.24, 2.45) is 0 Å². The third-order valence-corrected chi connectivity index (χ3v) is 3.61. The molecule has 0 atom stereocenters. The molecule has 2 aromatic rings. The summed E-state index contributed by atoms with van der Waals surface area (Å²) in [6, 6.07) is 5.89. The van der Waals surface area contributed by atoms with Crippen LogP contribution in [0.25, 0.3) is 10.9 Å². The van der Waals surface area contributed by atoms with Gasteiger partial charge in [-0.1, -0.05) is 22.9 Å². The zero-order chi connectivity index (χ0) is 14.0. The first-order valence-corrected chi connectivity index (χ1v) is 7.13. The lowest BCUT2D eigenvalue weighted by molar-refractivity contribution is 0.0528. The average Bonchev–Trinajstić information content (AvgIpc) is 2.38. The molecule has 3 nitrogen and oxygen atoms in total. The molecule has 4 heteroatoms. The van der Waals surface area contributed by atoms with E-state index in [4.69, 9.17) is 4.74 Å². The van der Waals surface area contributed by atoms with E-state index in [1.807, 2.05) is 19.1 Å². The molecule has 0 radical (unpaired) electrons. The van der Waals surface area contributed by atoms with Crippen LogP contribution in [0.4, 0.5) is 0 Å². The summed E-state index contributed by atoms with van der Waals surface area (Å²) in [5.74, 6) is -0.312. The van der Waals surface area contributed by atoms with Crippen molar-refractivity contribution in [2.75, 3.05) is 6.61 Å². The Morgan fingerprint density at radius 3 is 2.68 bits per heavy atom. The molecule has 1 aromatic carbocycles. The number of aryl methyl sites for hydroxylation is 2. The topological polar surface area (TPSA) is 39.2 Å². The number of nitrogens with zero attached hydrogens (tertiary/aromatic N) is 1. The summed E-state index contributed by atoms with van der Waals surface area (Å²) in [4.78, 5) is 16.6. The summed E-state index contributed by atoms with van der Waals surface area (Å²) < 4.78 is 6.08. The molecule has 2 rings (SSSR count). The van der Waals surface area contributed by atoms with Gasteiger partial charge < -0.3 is 4.74 Å². The third kappa shape index (κ3) is 2.78. The number of aromatic nitrogens is 1. The minimum Gasteiger partial charge on any atom is -0.462 e. The number of benzene rings is 1. The molecular weight excluding hydrogens is 306 g/mol. The summed E-state index contributed by atoms with van der Waals surface area (Å²) in [6.07, 6.45) is 0.864. The summed E-state index contributed by atoms with van der Waals surface area (Å²) in [5, 5.41) is 0.952. The lowest BCUT2D eigenvalue weighted by Crippen LogP contribution is -2.07. The largest absolute Gasteiger partial charge is 0.462 e. The first kappa shape index (κ1) is 14.0. The molecule has 1 heterocycles. The number of halogens is 1. The molecule has 0 aliphatic heterocycles. The highest BCUT2D eigenvalue weighted by Gasteiger charge is 2.15. The molecule has 0 spiro atoms. The van der Waals surface area contributed by atoms with Crippen LogP contribution in [0.5, 0.6) is 0 Å². The fourth-order valence-corrected chi connectivity index (χ4v) is 2.67. The predicted octanol–water partition coefficient (Wildman–Crippen LogP) is 4.04. The van der Waals surface area contributed by atoms with Crippen LogP contribution >= 0.6 is 15.9 Å². The summed E-state index contributed by atoms with van der Waals surface area (Å²) in [7, 11) is 0. The molecule has 0 bridgehead atoms. The quantitative estimate of drug-likeness (QED) is 0.801. The smallest absolute Gasteiger partial charge is 0.340 e. The van der Waals surface area contributed by atoms with Gasteiger partial charge in [0.2, 0.25) is 0 Å². The second kappa shape index (κ2) is 5.70. The molecule has 0 fully saturated rings. The zero-order valence-electron chi connectivity index (χ0n) is 11.3. The Hall–Kier alpha value is -1.42. The summed E-state index contributed by atoms with van der Waals surface area (Å²) >= 11 is 3.54. The number of carbonyl (C=O) groups excluding carboxylic acids is 1. The van der Waals surface area contributed by atoms with Crippen molar-refractivity contribution >= 4 is 32.8 Å². The first-order valence-electron chi connectivity index (χ1n) is 6.33. The second-order valence-electron chi connectivity index (χ2n) is 4.36. The van der Waals surface area contributed by atoms with E-state index >= 15 is 0 Å². The number of esters is 1. The maximum atomic E-state index is 12.1. The van der Waals surface area contributed by atoms with Gasteiger partial charge in [-0.05, 0) is 44.0 Å². The number of hydrogen-bond acceptors (Lipinski definition) is 3. The van der Waals surface area contributed by atoms with Gasteiger partial charge in [0.05, 0.1) is 17.7 Å². The second-order valence-corrected chi connectivity index (χ2v) is 5.21. The standard InChI is InChI=1S/C15H16BrNO2/c1-4-10-7-11-13(16)6-9(3)17-14(11)12(8-10)15(18)19-5-2/h6-8H,4-5H2,1-3H3. The number of ether oxygens (including phenoxy) is 1. The number of carbonyl (C=O) groups is 1. The molecule has 0 aliphatic rings. The highest BCUT2D eigenvalue weighted by atomic mass is 79.9.